The zero-order valence-corrected chi connectivity index (χ0v) is 20.3. The topological polar surface area (TPSA) is 78.9 Å². The van der Waals surface area contributed by atoms with Crippen LogP contribution in [0.5, 0.6) is 0 Å². The molecule has 0 aromatic carbocycles. The van der Waals surface area contributed by atoms with E-state index in [9.17, 15) is 13.5 Å². The second-order valence-electron chi connectivity index (χ2n) is 7.72. The molecule has 2 heterocycles. The highest BCUT2D eigenvalue weighted by Gasteiger charge is 2.41. The monoisotopic (exact) mass is 482 g/mol. The summed E-state index contributed by atoms with van der Waals surface area (Å²) in [5, 5.41) is 11.4. The smallest absolute Gasteiger partial charge is 0.240 e. The van der Waals surface area contributed by atoms with Gasteiger partial charge in [0.25, 0.3) is 0 Å². The Labute approximate surface area is 203 Å². The van der Waals surface area contributed by atoms with Crippen LogP contribution in [-0.2, 0) is 14.8 Å². The summed E-state index contributed by atoms with van der Waals surface area (Å²) in [5.41, 5.74) is 3.43. The molecule has 0 aliphatic carbocycles. The first-order valence-corrected chi connectivity index (χ1v) is 12.4. The minimum absolute atomic E-state index is 0.0144. The Morgan fingerprint density at radius 1 is 0.941 bits per heavy atom. The molecule has 34 heavy (non-hydrogen) atoms. The van der Waals surface area contributed by atoms with E-state index in [1.165, 1.54) is 18.2 Å². The van der Waals surface area contributed by atoms with E-state index in [0.717, 1.165) is 22.5 Å². The van der Waals surface area contributed by atoms with E-state index >= 15 is 0 Å². The maximum atomic E-state index is 13.0. The second kappa shape index (κ2) is 12.5. The molecule has 2 rings (SSSR count). The highest BCUT2D eigenvalue weighted by atomic mass is 32.2. The minimum Gasteiger partial charge on any atom is -0.389 e. The summed E-state index contributed by atoms with van der Waals surface area (Å²) in [4.78, 5) is 1.87. The number of sulfonamides is 1. The number of aliphatic hydroxyl groups excluding tert-OH is 1. The van der Waals surface area contributed by atoms with Crippen molar-refractivity contribution in [1.82, 2.24) is 9.62 Å². The van der Waals surface area contributed by atoms with Crippen LogP contribution in [0.2, 0.25) is 0 Å². The van der Waals surface area contributed by atoms with Crippen molar-refractivity contribution in [3.63, 3.8) is 0 Å². The molecule has 0 saturated carbocycles. The predicted molar refractivity (Wildman–Crippen MR) is 140 cm³/mol. The van der Waals surface area contributed by atoms with E-state index in [1.54, 1.807) is 36.5 Å². The Morgan fingerprint density at radius 2 is 1.53 bits per heavy atom. The molecule has 2 aliphatic rings. The quantitative estimate of drug-likeness (QED) is 0.432. The molecule has 182 valence electrons. The number of nitrogens with one attached hydrogen (secondary N) is 1. The van der Waals surface area contributed by atoms with Gasteiger partial charge in [-0.3, -0.25) is 0 Å². The lowest BCUT2D eigenvalue weighted by Crippen LogP contribution is -2.60. The molecule has 0 radical (unpaired) electrons. The molecule has 0 amide bonds. The molecule has 1 fully saturated rings. The van der Waals surface area contributed by atoms with Crippen molar-refractivity contribution in [3.8, 4) is 0 Å². The zero-order chi connectivity index (χ0) is 25.3. The van der Waals surface area contributed by atoms with E-state index in [4.69, 9.17) is 4.74 Å². The molecule has 3 unspecified atom stereocenters. The summed E-state index contributed by atoms with van der Waals surface area (Å²) in [5.74, 6) is 0. The number of hydrogen-bond donors (Lipinski definition) is 2. The average molecular weight is 483 g/mol. The summed E-state index contributed by atoms with van der Waals surface area (Å²) in [6, 6.07) is -1.50. The lowest BCUT2D eigenvalue weighted by atomic mass is 9.98. The van der Waals surface area contributed by atoms with Crippen molar-refractivity contribution >= 4 is 10.0 Å². The Kier molecular flexibility index (Phi) is 10.0. The van der Waals surface area contributed by atoms with Gasteiger partial charge in [0.2, 0.25) is 10.0 Å². The van der Waals surface area contributed by atoms with Crippen LogP contribution in [0.25, 0.3) is 0 Å². The second-order valence-corrected chi connectivity index (χ2v) is 9.44. The number of nitrogens with zero attached hydrogens (tertiary/aromatic N) is 1. The lowest BCUT2D eigenvalue weighted by molar-refractivity contribution is -0.0599. The third-order valence-corrected chi connectivity index (χ3v) is 7.31. The van der Waals surface area contributed by atoms with Crippen molar-refractivity contribution in [3.05, 3.63) is 122 Å². The van der Waals surface area contributed by atoms with Crippen LogP contribution < -0.4 is 4.72 Å². The molecule has 6 nitrogen and oxygen atoms in total. The Bertz CT molecular complexity index is 1040. The van der Waals surface area contributed by atoms with E-state index < -0.39 is 28.2 Å². The van der Waals surface area contributed by atoms with Gasteiger partial charge in [-0.25, -0.2) is 13.1 Å². The van der Waals surface area contributed by atoms with E-state index in [2.05, 4.69) is 44.2 Å². The van der Waals surface area contributed by atoms with Gasteiger partial charge in [-0.1, -0.05) is 69.9 Å². The maximum absolute atomic E-state index is 13.0. The van der Waals surface area contributed by atoms with Crippen LogP contribution in [0.1, 0.15) is 12.8 Å². The van der Waals surface area contributed by atoms with Crippen LogP contribution in [0.15, 0.2) is 122 Å². The lowest BCUT2D eigenvalue weighted by Gasteiger charge is -2.43. The number of rotatable bonds is 11. The minimum atomic E-state index is -3.96. The maximum Gasteiger partial charge on any atom is 0.240 e. The summed E-state index contributed by atoms with van der Waals surface area (Å²) in [6.45, 7) is 23.1. The van der Waals surface area contributed by atoms with Gasteiger partial charge in [-0.15, -0.1) is 0 Å². The number of hydrogen-bond acceptors (Lipinski definition) is 5. The summed E-state index contributed by atoms with van der Waals surface area (Å²) in [7, 11) is -3.96. The Balaban J connectivity index is 2.49. The highest BCUT2D eigenvalue weighted by Crippen LogP contribution is 2.35. The van der Waals surface area contributed by atoms with E-state index in [1.807, 2.05) is 4.90 Å². The number of aliphatic hydroxyl groups is 1. The fraction of sp³-hybridized carbons (Fsp3) is 0.259. The van der Waals surface area contributed by atoms with E-state index in [-0.39, 0.29) is 18.1 Å². The molecule has 0 aromatic rings. The van der Waals surface area contributed by atoms with Gasteiger partial charge < -0.3 is 14.7 Å². The molecular weight excluding hydrogens is 448 g/mol. The van der Waals surface area contributed by atoms with Crippen molar-refractivity contribution in [2.75, 3.05) is 13.2 Å². The molecule has 2 aliphatic heterocycles. The first-order valence-electron chi connectivity index (χ1n) is 10.9. The predicted octanol–water partition coefficient (Wildman–Crippen LogP) is 4.19. The summed E-state index contributed by atoms with van der Waals surface area (Å²) >= 11 is 0. The normalized spacial score (nSPS) is 24.6. The zero-order valence-electron chi connectivity index (χ0n) is 19.5. The molecule has 0 bridgehead atoms. The SMILES string of the molecule is C=C/C=C\C=C(/C=C)S(=O)(=O)NC1COCC(N2C(C=C)=C(C=C)CCC(C=C)=C2C=C)C1O. The van der Waals surface area contributed by atoms with Gasteiger partial charge in [-0.2, -0.15) is 0 Å². The van der Waals surface area contributed by atoms with Crippen molar-refractivity contribution in [2.24, 2.45) is 0 Å². The first kappa shape index (κ1) is 27.3. The van der Waals surface area contributed by atoms with Crippen LogP contribution in [0, 0.1) is 0 Å². The van der Waals surface area contributed by atoms with Crippen LogP contribution in [0.4, 0.5) is 0 Å². The third-order valence-electron chi connectivity index (χ3n) is 5.77. The largest absolute Gasteiger partial charge is 0.389 e. The third kappa shape index (κ3) is 5.93. The van der Waals surface area contributed by atoms with Crippen molar-refractivity contribution in [2.45, 2.75) is 31.0 Å². The molecule has 3 atom stereocenters. The Morgan fingerprint density at radius 3 is 2.00 bits per heavy atom. The molecule has 1 saturated heterocycles. The van der Waals surface area contributed by atoms with Gasteiger partial charge in [0.15, 0.2) is 0 Å². The molecular formula is C27H34N2O4S. The summed E-state index contributed by atoms with van der Waals surface area (Å²) in [6.07, 6.45) is 14.6. The fourth-order valence-corrected chi connectivity index (χ4v) is 5.29. The number of allylic oxidation sites excluding steroid dienone is 11. The van der Waals surface area contributed by atoms with Crippen LogP contribution in [0.3, 0.4) is 0 Å². The van der Waals surface area contributed by atoms with Crippen LogP contribution >= 0.6 is 0 Å². The van der Waals surface area contributed by atoms with Crippen LogP contribution in [-0.4, -0.2) is 49.8 Å². The van der Waals surface area contributed by atoms with Gasteiger partial charge in [0.1, 0.15) is 0 Å². The number of ether oxygens (including phenoxy) is 1. The molecule has 2 N–H and O–H groups in total. The first-order chi connectivity index (χ1) is 16.3. The fourth-order valence-electron chi connectivity index (χ4n) is 4.07. The summed E-state index contributed by atoms with van der Waals surface area (Å²) < 4.78 is 34.3. The van der Waals surface area contributed by atoms with Crippen molar-refractivity contribution < 1.29 is 18.3 Å². The molecule has 0 aromatic heterocycles. The highest BCUT2D eigenvalue weighted by molar-refractivity contribution is 7.93. The van der Waals surface area contributed by atoms with Gasteiger partial charge in [0, 0.05) is 11.4 Å². The van der Waals surface area contributed by atoms with E-state index in [0.29, 0.717) is 12.8 Å². The molecule has 7 heteroatoms. The Hall–Kier alpha value is -2.97. The average Bonchev–Trinajstić information content (AvgIpc) is 2.98. The molecule has 0 spiro atoms. The van der Waals surface area contributed by atoms with Gasteiger partial charge >= 0.3 is 0 Å². The standard InChI is InChI=1S/C27H34N2O4S/c1-7-13-14-15-22(10-4)34(31,32)28-23-18-33-19-26(27(23)30)29-24(11-5)20(8-2)16-17-21(9-3)25(29)12-6/h7-15,23,26-28,30H,1-6,16-19H2/b14-13-,22-15+. The van der Waals surface area contributed by atoms with Gasteiger partial charge in [-0.05, 0) is 48.3 Å². The van der Waals surface area contributed by atoms with Crippen molar-refractivity contribution in [1.29, 1.82) is 0 Å². The van der Waals surface area contributed by atoms with Gasteiger partial charge in [0.05, 0.1) is 36.3 Å².